The van der Waals surface area contributed by atoms with Gasteiger partial charge in [0.25, 0.3) is 0 Å². The van der Waals surface area contributed by atoms with E-state index in [4.69, 9.17) is 4.74 Å². The van der Waals surface area contributed by atoms with E-state index in [-0.39, 0.29) is 12.1 Å². The molecule has 0 aromatic rings. The van der Waals surface area contributed by atoms with Gasteiger partial charge in [-0.05, 0) is 32.4 Å². The lowest BCUT2D eigenvalue weighted by Crippen LogP contribution is -2.18. The van der Waals surface area contributed by atoms with E-state index in [1.165, 1.54) is 6.92 Å². The van der Waals surface area contributed by atoms with Crippen LogP contribution >= 0.6 is 0 Å². The molecule has 0 spiro atoms. The Hall–Kier alpha value is -0.570. The monoisotopic (exact) mass is 157 g/mol. The fourth-order valence-electron chi connectivity index (χ4n) is 1.34. The zero-order valence-electron chi connectivity index (χ0n) is 6.93. The van der Waals surface area contributed by atoms with Crippen molar-refractivity contribution in [3.05, 3.63) is 0 Å². The predicted molar refractivity (Wildman–Crippen MR) is 42.3 cm³/mol. The van der Waals surface area contributed by atoms with Gasteiger partial charge >= 0.3 is 5.97 Å². The lowest BCUT2D eigenvalue weighted by atomic mass is 10.2. The zero-order valence-corrected chi connectivity index (χ0v) is 6.93. The molecular weight excluding hydrogens is 142 g/mol. The fourth-order valence-corrected chi connectivity index (χ4v) is 1.34. The predicted octanol–water partition coefficient (Wildman–Crippen LogP) is 0.692. The summed E-state index contributed by atoms with van der Waals surface area (Å²) >= 11 is 0. The molecule has 0 bridgehead atoms. The van der Waals surface area contributed by atoms with Crippen molar-refractivity contribution in [1.29, 1.82) is 0 Å². The number of rotatable bonds is 1. The number of carbonyl (C=O) groups excluding carboxylic acids is 1. The standard InChI is InChI=1S/C8H15NO2/c1-7(10)11-8-3-2-5-9-6-4-8/h8-9H,2-6H2,1H3. The smallest absolute Gasteiger partial charge is 0.302 e. The average molecular weight is 157 g/mol. The maximum atomic E-state index is 10.6. The molecule has 1 saturated heterocycles. The Morgan fingerprint density at radius 1 is 1.45 bits per heavy atom. The van der Waals surface area contributed by atoms with E-state index in [0.29, 0.717) is 0 Å². The summed E-state index contributed by atoms with van der Waals surface area (Å²) in [7, 11) is 0. The second-order valence-corrected chi connectivity index (χ2v) is 2.91. The van der Waals surface area contributed by atoms with Gasteiger partial charge in [-0.3, -0.25) is 4.79 Å². The first-order valence-electron chi connectivity index (χ1n) is 4.17. The molecule has 1 N–H and O–H groups in total. The van der Waals surface area contributed by atoms with Gasteiger partial charge in [0.15, 0.2) is 0 Å². The molecule has 0 aromatic heterocycles. The van der Waals surface area contributed by atoms with Crippen LogP contribution in [0.5, 0.6) is 0 Å². The molecule has 3 nitrogen and oxygen atoms in total. The lowest BCUT2D eigenvalue weighted by molar-refractivity contribution is -0.146. The average Bonchev–Trinajstić information content (AvgIpc) is 2.14. The Morgan fingerprint density at radius 3 is 3.00 bits per heavy atom. The molecule has 3 heteroatoms. The normalized spacial score (nSPS) is 25.7. The number of hydrogen-bond donors (Lipinski definition) is 1. The highest BCUT2D eigenvalue weighted by molar-refractivity contribution is 5.66. The minimum Gasteiger partial charge on any atom is -0.463 e. The second-order valence-electron chi connectivity index (χ2n) is 2.91. The van der Waals surface area contributed by atoms with Crippen molar-refractivity contribution in [2.45, 2.75) is 32.3 Å². The molecular formula is C8H15NO2. The summed E-state index contributed by atoms with van der Waals surface area (Å²) in [6, 6.07) is 0. The van der Waals surface area contributed by atoms with E-state index in [2.05, 4.69) is 5.32 Å². The Kier molecular flexibility index (Phi) is 3.36. The second kappa shape index (κ2) is 4.34. The zero-order chi connectivity index (χ0) is 8.10. The maximum absolute atomic E-state index is 10.6. The van der Waals surface area contributed by atoms with E-state index in [1.807, 2.05) is 0 Å². The van der Waals surface area contributed by atoms with Crippen molar-refractivity contribution in [3.8, 4) is 0 Å². The Bertz CT molecular complexity index is 128. The van der Waals surface area contributed by atoms with Gasteiger partial charge in [0.05, 0.1) is 0 Å². The van der Waals surface area contributed by atoms with Crippen LogP contribution in [0.3, 0.4) is 0 Å². The third-order valence-electron chi connectivity index (χ3n) is 1.86. The minimum absolute atomic E-state index is 0.155. The number of hydrogen-bond acceptors (Lipinski definition) is 3. The molecule has 0 aliphatic carbocycles. The van der Waals surface area contributed by atoms with Crippen LogP contribution in [0, 0.1) is 0 Å². The summed E-state index contributed by atoms with van der Waals surface area (Å²) in [6.45, 7) is 3.49. The summed E-state index contributed by atoms with van der Waals surface area (Å²) < 4.78 is 5.09. The first-order chi connectivity index (χ1) is 5.29. The minimum atomic E-state index is -0.156. The molecule has 1 heterocycles. The Balaban J connectivity index is 2.25. The summed E-state index contributed by atoms with van der Waals surface area (Å²) in [6.07, 6.45) is 3.23. The summed E-state index contributed by atoms with van der Waals surface area (Å²) in [5, 5.41) is 3.26. The van der Waals surface area contributed by atoms with Crippen molar-refractivity contribution < 1.29 is 9.53 Å². The van der Waals surface area contributed by atoms with Crippen molar-refractivity contribution in [2.24, 2.45) is 0 Å². The van der Waals surface area contributed by atoms with Crippen LogP contribution in [0.1, 0.15) is 26.2 Å². The first kappa shape index (κ1) is 8.53. The van der Waals surface area contributed by atoms with Gasteiger partial charge in [-0.25, -0.2) is 0 Å². The van der Waals surface area contributed by atoms with Gasteiger partial charge in [-0.15, -0.1) is 0 Å². The highest BCUT2D eigenvalue weighted by atomic mass is 16.5. The first-order valence-corrected chi connectivity index (χ1v) is 4.17. The molecule has 1 unspecified atom stereocenters. The molecule has 1 aliphatic heterocycles. The van der Waals surface area contributed by atoms with Crippen LogP contribution in [0.15, 0.2) is 0 Å². The largest absolute Gasteiger partial charge is 0.463 e. The fraction of sp³-hybridized carbons (Fsp3) is 0.875. The quantitative estimate of drug-likeness (QED) is 0.569. The number of esters is 1. The van der Waals surface area contributed by atoms with Gasteiger partial charge in [0, 0.05) is 6.92 Å². The van der Waals surface area contributed by atoms with E-state index >= 15 is 0 Å². The van der Waals surface area contributed by atoms with Crippen LogP contribution in [-0.4, -0.2) is 25.2 Å². The van der Waals surface area contributed by atoms with Gasteiger partial charge in [0.2, 0.25) is 0 Å². The van der Waals surface area contributed by atoms with Gasteiger partial charge in [-0.1, -0.05) is 0 Å². The molecule has 1 rings (SSSR count). The summed E-state index contributed by atoms with van der Waals surface area (Å²) in [5.41, 5.74) is 0. The van der Waals surface area contributed by atoms with Crippen LogP contribution in [-0.2, 0) is 9.53 Å². The van der Waals surface area contributed by atoms with Gasteiger partial charge < -0.3 is 10.1 Å². The number of ether oxygens (including phenoxy) is 1. The lowest BCUT2D eigenvalue weighted by Gasteiger charge is -2.12. The molecule has 1 fully saturated rings. The molecule has 64 valence electrons. The van der Waals surface area contributed by atoms with Crippen LogP contribution in [0.2, 0.25) is 0 Å². The van der Waals surface area contributed by atoms with E-state index in [9.17, 15) is 4.79 Å². The third-order valence-corrected chi connectivity index (χ3v) is 1.86. The third kappa shape index (κ3) is 3.37. The molecule has 11 heavy (non-hydrogen) atoms. The molecule has 1 atom stereocenters. The van der Waals surface area contributed by atoms with Crippen molar-refractivity contribution in [1.82, 2.24) is 5.32 Å². The van der Waals surface area contributed by atoms with Crippen LogP contribution in [0.25, 0.3) is 0 Å². The highest BCUT2D eigenvalue weighted by Gasteiger charge is 2.13. The summed E-state index contributed by atoms with van der Waals surface area (Å²) in [5.74, 6) is -0.156. The molecule has 0 aromatic carbocycles. The molecule has 0 radical (unpaired) electrons. The number of carbonyl (C=O) groups is 1. The topological polar surface area (TPSA) is 38.3 Å². The molecule has 0 saturated carbocycles. The van der Waals surface area contributed by atoms with Gasteiger partial charge in [-0.2, -0.15) is 0 Å². The summed E-state index contributed by atoms with van der Waals surface area (Å²) in [4.78, 5) is 10.6. The van der Waals surface area contributed by atoms with E-state index in [1.54, 1.807) is 0 Å². The molecule has 1 aliphatic rings. The molecule has 0 amide bonds. The Labute approximate surface area is 67.1 Å². The van der Waals surface area contributed by atoms with Crippen LogP contribution in [0.4, 0.5) is 0 Å². The Morgan fingerprint density at radius 2 is 2.27 bits per heavy atom. The highest BCUT2D eigenvalue weighted by Crippen LogP contribution is 2.08. The maximum Gasteiger partial charge on any atom is 0.302 e. The van der Waals surface area contributed by atoms with Crippen molar-refractivity contribution >= 4 is 5.97 Å². The van der Waals surface area contributed by atoms with E-state index < -0.39 is 0 Å². The SMILES string of the molecule is CC(=O)OC1CCCNCC1. The van der Waals surface area contributed by atoms with Crippen molar-refractivity contribution in [3.63, 3.8) is 0 Å². The van der Waals surface area contributed by atoms with E-state index in [0.717, 1.165) is 32.4 Å². The van der Waals surface area contributed by atoms with Gasteiger partial charge in [0.1, 0.15) is 6.10 Å². The van der Waals surface area contributed by atoms with Crippen LogP contribution < -0.4 is 5.32 Å². The number of nitrogens with one attached hydrogen (secondary N) is 1. The van der Waals surface area contributed by atoms with Crippen molar-refractivity contribution in [2.75, 3.05) is 13.1 Å².